The standard InChI is InChI=1S/C21H15ClFN3O2S2/c1-11-2-4-12(5-3-11)14-9-29-20-18(14)19(28)25-21(26-20)30-10-17(27)24-13-6-7-16(23)15(22)8-13/h2-9H,10H2,1H3,(H,24,27)(H,25,26,28). The number of fused-ring (bicyclic) bond motifs is 1. The second-order valence-corrected chi connectivity index (χ2v) is 8.76. The summed E-state index contributed by atoms with van der Waals surface area (Å²) in [6.45, 7) is 2.01. The number of rotatable bonds is 5. The predicted molar refractivity (Wildman–Crippen MR) is 121 cm³/mol. The number of carbonyl (C=O) groups excluding carboxylic acids is 1. The zero-order chi connectivity index (χ0) is 21.3. The van der Waals surface area contributed by atoms with Gasteiger partial charge in [-0.15, -0.1) is 11.3 Å². The van der Waals surface area contributed by atoms with Gasteiger partial charge in [0.15, 0.2) is 5.16 Å². The first-order valence-electron chi connectivity index (χ1n) is 8.87. The summed E-state index contributed by atoms with van der Waals surface area (Å²) in [5.74, 6) is -0.850. The number of nitrogens with zero attached hydrogens (tertiary/aromatic N) is 1. The van der Waals surface area contributed by atoms with E-state index in [0.717, 1.165) is 28.5 Å². The van der Waals surface area contributed by atoms with Gasteiger partial charge in [0.05, 0.1) is 16.2 Å². The monoisotopic (exact) mass is 459 g/mol. The molecule has 2 N–H and O–H groups in total. The van der Waals surface area contributed by atoms with Crippen LogP contribution in [-0.2, 0) is 4.79 Å². The number of nitrogens with one attached hydrogen (secondary N) is 2. The predicted octanol–water partition coefficient (Wildman–Crippen LogP) is 5.48. The van der Waals surface area contributed by atoms with E-state index in [9.17, 15) is 14.0 Å². The van der Waals surface area contributed by atoms with E-state index in [4.69, 9.17) is 11.6 Å². The Morgan fingerprint density at radius 2 is 2.03 bits per heavy atom. The molecule has 2 aromatic carbocycles. The summed E-state index contributed by atoms with van der Waals surface area (Å²) >= 11 is 8.21. The van der Waals surface area contributed by atoms with Crippen LogP contribution >= 0.6 is 34.7 Å². The van der Waals surface area contributed by atoms with Gasteiger partial charge in [-0.3, -0.25) is 9.59 Å². The molecule has 0 radical (unpaired) electrons. The van der Waals surface area contributed by atoms with E-state index in [1.54, 1.807) is 0 Å². The van der Waals surface area contributed by atoms with Crippen molar-refractivity contribution in [3.8, 4) is 11.1 Å². The first-order chi connectivity index (χ1) is 14.4. The average Bonchev–Trinajstić information content (AvgIpc) is 3.14. The number of anilines is 1. The van der Waals surface area contributed by atoms with Gasteiger partial charge in [-0.05, 0) is 30.7 Å². The average molecular weight is 460 g/mol. The number of hydrogen-bond acceptors (Lipinski definition) is 5. The van der Waals surface area contributed by atoms with Crippen LogP contribution in [-0.4, -0.2) is 21.6 Å². The number of amides is 1. The highest BCUT2D eigenvalue weighted by Gasteiger charge is 2.14. The second kappa shape index (κ2) is 8.59. The molecule has 0 saturated heterocycles. The molecule has 4 aromatic rings. The summed E-state index contributed by atoms with van der Waals surface area (Å²) in [5.41, 5.74) is 3.09. The van der Waals surface area contributed by atoms with Crippen LogP contribution in [0, 0.1) is 12.7 Å². The Bertz CT molecular complexity index is 1300. The fraction of sp³-hybridized carbons (Fsp3) is 0.0952. The maximum atomic E-state index is 13.2. The van der Waals surface area contributed by atoms with Gasteiger partial charge in [-0.25, -0.2) is 9.37 Å². The number of H-pyrrole nitrogens is 1. The lowest BCUT2D eigenvalue weighted by Crippen LogP contribution is -2.15. The largest absolute Gasteiger partial charge is 0.325 e. The second-order valence-electron chi connectivity index (χ2n) is 6.53. The van der Waals surface area contributed by atoms with Gasteiger partial charge < -0.3 is 10.3 Å². The van der Waals surface area contributed by atoms with Crippen molar-refractivity contribution in [1.29, 1.82) is 0 Å². The van der Waals surface area contributed by atoms with Crippen LogP contribution in [0.1, 0.15) is 5.56 Å². The third-order valence-corrected chi connectivity index (χ3v) is 6.36. The van der Waals surface area contributed by atoms with Crippen molar-refractivity contribution in [3.63, 3.8) is 0 Å². The minimum atomic E-state index is -0.555. The lowest BCUT2D eigenvalue weighted by Gasteiger charge is -2.06. The molecule has 0 unspecified atom stereocenters. The van der Waals surface area contributed by atoms with Gasteiger partial charge in [0.1, 0.15) is 10.6 Å². The SMILES string of the molecule is Cc1ccc(-c2csc3nc(SCC(=O)Nc4ccc(F)c(Cl)c4)[nH]c(=O)c23)cc1. The molecule has 0 aliphatic heterocycles. The molecule has 4 rings (SSSR count). The number of thiophene rings is 1. The Labute approximate surface area is 184 Å². The topological polar surface area (TPSA) is 74.8 Å². The molecule has 2 heterocycles. The Balaban J connectivity index is 1.50. The molecule has 30 heavy (non-hydrogen) atoms. The first-order valence-corrected chi connectivity index (χ1v) is 11.1. The molecule has 0 saturated carbocycles. The van der Waals surface area contributed by atoms with Gasteiger partial charge in [0.2, 0.25) is 5.91 Å². The summed E-state index contributed by atoms with van der Waals surface area (Å²) < 4.78 is 13.2. The van der Waals surface area contributed by atoms with Crippen molar-refractivity contribution in [2.75, 3.05) is 11.1 Å². The summed E-state index contributed by atoms with van der Waals surface area (Å²) in [6.07, 6.45) is 0. The van der Waals surface area contributed by atoms with Crippen molar-refractivity contribution < 1.29 is 9.18 Å². The van der Waals surface area contributed by atoms with Gasteiger partial charge in [0, 0.05) is 16.6 Å². The summed E-state index contributed by atoms with van der Waals surface area (Å²) in [5, 5.41) is 5.38. The Morgan fingerprint density at radius 1 is 1.27 bits per heavy atom. The third-order valence-electron chi connectivity index (χ3n) is 4.33. The van der Waals surface area contributed by atoms with E-state index in [1.807, 2.05) is 36.6 Å². The lowest BCUT2D eigenvalue weighted by atomic mass is 10.1. The molecule has 9 heteroatoms. The molecule has 0 aliphatic rings. The van der Waals surface area contributed by atoms with Crippen molar-refractivity contribution in [2.45, 2.75) is 12.1 Å². The number of aromatic nitrogens is 2. The van der Waals surface area contributed by atoms with E-state index in [1.165, 1.54) is 29.5 Å². The number of carbonyl (C=O) groups is 1. The zero-order valence-electron chi connectivity index (χ0n) is 15.7. The van der Waals surface area contributed by atoms with Crippen LogP contribution in [0.3, 0.4) is 0 Å². The van der Waals surface area contributed by atoms with Gasteiger partial charge >= 0.3 is 0 Å². The van der Waals surface area contributed by atoms with Crippen molar-refractivity contribution in [1.82, 2.24) is 9.97 Å². The molecular weight excluding hydrogens is 445 g/mol. The summed E-state index contributed by atoms with van der Waals surface area (Å²) in [4.78, 5) is 32.7. The summed E-state index contributed by atoms with van der Waals surface area (Å²) in [6, 6.07) is 11.9. The molecule has 0 spiro atoms. The van der Waals surface area contributed by atoms with Crippen LogP contribution in [0.5, 0.6) is 0 Å². The molecule has 0 bridgehead atoms. The maximum absolute atomic E-state index is 13.2. The Hall–Kier alpha value is -2.68. The molecule has 0 atom stereocenters. The molecule has 152 valence electrons. The maximum Gasteiger partial charge on any atom is 0.260 e. The normalized spacial score (nSPS) is 11.0. The third kappa shape index (κ3) is 4.40. The number of hydrogen-bond donors (Lipinski definition) is 2. The van der Waals surface area contributed by atoms with Crippen molar-refractivity contribution in [3.05, 3.63) is 74.6 Å². The fourth-order valence-corrected chi connectivity index (χ4v) is 4.69. The Kier molecular flexibility index (Phi) is 5.90. The molecule has 0 aliphatic carbocycles. The Morgan fingerprint density at radius 3 is 2.77 bits per heavy atom. The molecule has 1 amide bonds. The van der Waals surface area contributed by atoms with E-state index in [2.05, 4.69) is 15.3 Å². The van der Waals surface area contributed by atoms with Gasteiger partial charge in [-0.2, -0.15) is 0 Å². The smallest absolute Gasteiger partial charge is 0.260 e. The highest BCUT2D eigenvalue weighted by molar-refractivity contribution is 7.99. The minimum Gasteiger partial charge on any atom is -0.325 e. The quantitative estimate of drug-likeness (QED) is 0.306. The van der Waals surface area contributed by atoms with Crippen molar-refractivity contribution >= 4 is 56.5 Å². The minimum absolute atomic E-state index is 0.0274. The van der Waals surface area contributed by atoms with E-state index < -0.39 is 5.82 Å². The zero-order valence-corrected chi connectivity index (χ0v) is 18.1. The van der Waals surface area contributed by atoms with Crippen LogP contribution in [0.2, 0.25) is 5.02 Å². The van der Waals surface area contributed by atoms with Gasteiger partial charge in [-0.1, -0.05) is 53.2 Å². The van der Waals surface area contributed by atoms with Gasteiger partial charge in [0.25, 0.3) is 5.56 Å². The number of aromatic amines is 1. The van der Waals surface area contributed by atoms with E-state index in [0.29, 0.717) is 21.1 Å². The van der Waals surface area contributed by atoms with Crippen molar-refractivity contribution in [2.24, 2.45) is 0 Å². The van der Waals surface area contributed by atoms with E-state index >= 15 is 0 Å². The first kappa shape index (κ1) is 20.6. The molecule has 0 fully saturated rings. The van der Waals surface area contributed by atoms with E-state index in [-0.39, 0.29) is 22.2 Å². The number of halogens is 2. The summed E-state index contributed by atoms with van der Waals surface area (Å²) in [7, 11) is 0. The van der Waals surface area contributed by atoms with Crippen LogP contribution in [0.25, 0.3) is 21.3 Å². The molecule has 2 aromatic heterocycles. The fourth-order valence-electron chi connectivity index (χ4n) is 2.85. The van der Waals surface area contributed by atoms with Crippen LogP contribution < -0.4 is 10.9 Å². The number of aryl methyl sites for hydroxylation is 1. The molecule has 5 nitrogen and oxygen atoms in total. The molecular formula is C21H15ClFN3O2S2. The number of thioether (sulfide) groups is 1. The lowest BCUT2D eigenvalue weighted by molar-refractivity contribution is -0.113. The highest BCUT2D eigenvalue weighted by Crippen LogP contribution is 2.31. The van der Waals surface area contributed by atoms with Crippen LogP contribution in [0.4, 0.5) is 10.1 Å². The highest BCUT2D eigenvalue weighted by atomic mass is 35.5. The number of benzene rings is 2. The van der Waals surface area contributed by atoms with Crippen LogP contribution in [0.15, 0.2) is 57.8 Å².